The van der Waals surface area contributed by atoms with E-state index >= 15 is 0 Å². The fourth-order valence-corrected chi connectivity index (χ4v) is 2.26. The lowest BCUT2D eigenvalue weighted by Crippen LogP contribution is -2.18. The molecule has 4 heteroatoms. The third kappa shape index (κ3) is 3.80. The fourth-order valence-electron chi connectivity index (χ4n) is 2.06. The Kier molecular flexibility index (Phi) is 4.73. The first kappa shape index (κ1) is 14.5. The summed E-state index contributed by atoms with van der Waals surface area (Å²) in [6.07, 6.45) is 0. The van der Waals surface area contributed by atoms with Gasteiger partial charge in [0.15, 0.2) is 0 Å². The molecule has 0 amide bonds. The van der Waals surface area contributed by atoms with Crippen LogP contribution in [0.2, 0.25) is 5.02 Å². The molecule has 0 fully saturated rings. The minimum atomic E-state index is -0.257. The van der Waals surface area contributed by atoms with E-state index < -0.39 is 0 Å². The Morgan fingerprint density at radius 3 is 2.75 bits per heavy atom. The van der Waals surface area contributed by atoms with Gasteiger partial charge >= 0.3 is 0 Å². The summed E-state index contributed by atoms with van der Waals surface area (Å²) in [4.78, 5) is 1.98. The molecule has 0 saturated carbocycles. The third-order valence-electron chi connectivity index (χ3n) is 2.96. The molecule has 0 spiro atoms. The van der Waals surface area contributed by atoms with E-state index in [1.54, 1.807) is 12.1 Å². The second-order valence-corrected chi connectivity index (χ2v) is 5.16. The molecule has 0 saturated heterocycles. The molecule has 0 bridgehead atoms. The zero-order chi connectivity index (χ0) is 14.5. The van der Waals surface area contributed by atoms with Crippen molar-refractivity contribution in [2.45, 2.75) is 13.1 Å². The highest BCUT2D eigenvalue weighted by Gasteiger charge is 2.07. The monoisotopic (exact) mass is 288 g/mol. The third-order valence-corrected chi connectivity index (χ3v) is 3.19. The average Bonchev–Trinajstić information content (AvgIpc) is 2.43. The van der Waals surface area contributed by atoms with Gasteiger partial charge in [0.1, 0.15) is 5.82 Å². The van der Waals surface area contributed by atoms with Crippen molar-refractivity contribution >= 4 is 11.6 Å². The molecule has 102 valence electrons. The van der Waals surface area contributed by atoms with Crippen molar-refractivity contribution < 1.29 is 4.39 Å². The van der Waals surface area contributed by atoms with Gasteiger partial charge in [-0.2, -0.15) is 5.26 Å². The largest absolute Gasteiger partial charge is 0.298 e. The van der Waals surface area contributed by atoms with Crippen LogP contribution >= 0.6 is 11.6 Å². The zero-order valence-electron chi connectivity index (χ0n) is 11.1. The molecule has 0 N–H and O–H groups in total. The molecule has 0 aliphatic rings. The van der Waals surface area contributed by atoms with E-state index in [2.05, 4.69) is 6.07 Å². The lowest BCUT2D eigenvalue weighted by atomic mass is 10.1. The fraction of sp³-hybridized carbons (Fsp3) is 0.188. The van der Waals surface area contributed by atoms with E-state index in [1.807, 2.05) is 30.1 Å². The number of benzene rings is 2. The van der Waals surface area contributed by atoms with Crippen molar-refractivity contribution in [2.75, 3.05) is 7.05 Å². The van der Waals surface area contributed by atoms with Gasteiger partial charge in [-0.05, 0) is 42.9 Å². The summed E-state index contributed by atoms with van der Waals surface area (Å²) >= 11 is 5.88. The molecule has 0 atom stereocenters. The first-order valence-corrected chi connectivity index (χ1v) is 6.58. The minimum absolute atomic E-state index is 0.257. The van der Waals surface area contributed by atoms with Crippen LogP contribution in [0.1, 0.15) is 16.7 Å². The summed E-state index contributed by atoms with van der Waals surface area (Å²) < 4.78 is 13.7. The molecule has 2 aromatic carbocycles. The molecular weight excluding hydrogens is 275 g/mol. The van der Waals surface area contributed by atoms with Crippen LogP contribution in [0.25, 0.3) is 0 Å². The molecule has 0 radical (unpaired) electrons. The normalized spacial score (nSPS) is 10.6. The quantitative estimate of drug-likeness (QED) is 0.851. The summed E-state index contributed by atoms with van der Waals surface area (Å²) in [6.45, 7) is 1.10. The molecular formula is C16H14ClFN2. The minimum Gasteiger partial charge on any atom is -0.298 e. The van der Waals surface area contributed by atoms with Crippen LogP contribution in [0.5, 0.6) is 0 Å². The summed E-state index contributed by atoms with van der Waals surface area (Å²) in [5, 5.41) is 9.40. The highest BCUT2D eigenvalue weighted by atomic mass is 35.5. The molecule has 0 aromatic heterocycles. The van der Waals surface area contributed by atoms with Crippen LogP contribution in [0, 0.1) is 17.1 Å². The van der Waals surface area contributed by atoms with Gasteiger partial charge in [-0.25, -0.2) is 4.39 Å². The Morgan fingerprint density at radius 2 is 2.00 bits per heavy atom. The highest BCUT2D eigenvalue weighted by Crippen LogP contribution is 2.17. The molecule has 0 heterocycles. The summed E-state index contributed by atoms with van der Waals surface area (Å²) in [7, 11) is 1.90. The van der Waals surface area contributed by atoms with Gasteiger partial charge in [0.05, 0.1) is 11.6 Å². The van der Waals surface area contributed by atoms with E-state index in [0.29, 0.717) is 29.2 Å². The van der Waals surface area contributed by atoms with E-state index in [9.17, 15) is 4.39 Å². The predicted molar refractivity (Wildman–Crippen MR) is 77.7 cm³/mol. The Labute approximate surface area is 123 Å². The number of nitriles is 1. The zero-order valence-corrected chi connectivity index (χ0v) is 11.9. The van der Waals surface area contributed by atoms with Crippen molar-refractivity contribution in [1.29, 1.82) is 5.26 Å². The molecule has 2 rings (SSSR count). The van der Waals surface area contributed by atoms with Crippen LogP contribution in [0.15, 0.2) is 42.5 Å². The van der Waals surface area contributed by atoms with E-state index in [-0.39, 0.29) is 5.82 Å². The maximum absolute atomic E-state index is 13.7. The van der Waals surface area contributed by atoms with Crippen LogP contribution in [-0.2, 0) is 13.1 Å². The number of nitrogens with zero attached hydrogens (tertiary/aromatic N) is 2. The van der Waals surface area contributed by atoms with Crippen molar-refractivity contribution in [2.24, 2.45) is 0 Å². The Bertz CT molecular complexity index is 649. The standard InChI is InChI=1S/C16H14ClFN2/c1-20(10-13-4-2-3-12(7-13)9-19)11-14-8-15(17)5-6-16(14)18/h2-8H,10-11H2,1H3. The van der Waals surface area contributed by atoms with Crippen molar-refractivity contribution in [3.05, 3.63) is 70.0 Å². The summed E-state index contributed by atoms with van der Waals surface area (Å²) in [5.74, 6) is -0.257. The lowest BCUT2D eigenvalue weighted by molar-refractivity contribution is 0.313. The topological polar surface area (TPSA) is 27.0 Å². The van der Waals surface area contributed by atoms with Gasteiger partial charge in [-0.15, -0.1) is 0 Å². The Morgan fingerprint density at radius 1 is 1.20 bits per heavy atom. The molecule has 0 aliphatic heterocycles. The van der Waals surface area contributed by atoms with Crippen molar-refractivity contribution in [1.82, 2.24) is 4.90 Å². The Hall–Kier alpha value is -1.89. The van der Waals surface area contributed by atoms with Gasteiger partial charge in [0.2, 0.25) is 0 Å². The second kappa shape index (κ2) is 6.51. The van der Waals surface area contributed by atoms with Gasteiger partial charge in [0, 0.05) is 23.7 Å². The smallest absolute Gasteiger partial charge is 0.127 e. The average molecular weight is 289 g/mol. The van der Waals surface area contributed by atoms with Crippen LogP contribution < -0.4 is 0 Å². The maximum Gasteiger partial charge on any atom is 0.127 e. The van der Waals surface area contributed by atoms with Gasteiger partial charge < -0.3 is 0 Å². The van der Waals surface area contributed by atoms with Gasteiger partial charge in [0.25, 0.3) is 0 Å². The first-order valence-electron chi connectivity index (χ1n) is 6.20. The number of rotatable bonds is 4. The number of hydrogen-bond acceptors (Lipinski definition) is 2. The second-order valence-electron chi connectivity index (χ2n) is 4.72. The lowest BCUT2D eigenvalue weighted by Gasteiger charge is -2.17. The molecule has 2 aromatic rings. The van der Waals surface area contributed by atoms with E-state index in [1.165, 1.54) is 12.1 Å². The molecule has 2 nitrogen and oxygen atoms in total. The van der Waals surface area contributed by atoms with Crippen molar-refractivity contribution in [3.8, 4) is 6.07 Å². The number of halogens is 2. The molecule has 0 unspecified atom stereocenters. The van der Waals surface area contributed by atoms with Crippen LogP contribution in [0.4, 0.5) is 4.39 Å². The number of hydrogen-bond donors (Lipinski definition) is 0. The van der Waals surface area contributed by atoms with Crippen LogP contribution in [0.3, 0.4) is 0 Å². The highest BCUT2D eigenvalue weighted by molar-refractivity contribution is 6.30. The van der Waals surface area contributed by atoms with Gasteiger partial charge in [-0.1, -0.05) is 23.7 Å². The molecule has 0 aliphatic carbocycles. The van der Waals surface area contributed by atoms with Crippen molar-refractivity contribution in [3.63, 3.8) is 0 Å². The first-order chi connectivity index (χ1) is 9.58. The van der Waals surface area contributed by atoms with Crippen LogP contribution in [-0.4, -0.2) is 11.9 Å². The predicted octanol–water partition coefficient (Wildman–Crippen LogP) is 3.98. The summed E-state index contributed by atoms with van der Waals surface area (Å²) in [6, 6.07) is 14.1. The summed E-state index contributed by atoms with van der Waals surface area (Å²) in [5.41, 5.74) is 2.22. The maximum atomic E-state index is 13.7. The van der Waals surface area contributed by atoms with E-state index in [4.69, 9.17) is 16.9 Å². The van der Waals surface area contributed by atoms with Gasteiger partial charge in [-0.3, -0.25) is 4.90 Å². The molecule has 20 heavy (non-hydrogen) atoms. The SMILES string of the molecule is CN(Cc1cccc(C#N)c1)Cc1cc(Cl)ccc1F. The Balaban J connectivity index is 2.07. The van der Waals surface area contributed by atoms with E-state index in [0.717, 1.165) is 5.56 Å².